The number of hydrogen-bond acceptors (Lipinski definition) is 2. The molecule has 0 aromatic heterocycles. The smallest absolute Gasteiger partial charge is 0.190 e. The van der Waals surface area contributed by atoms with Crippen LogP contribution >= 0.6 is 0 Å². The Balaban J connectivity index is 2.36. The van der Waals surface area contributed by atoms with E-state index >= 15 is 0 Å². The van der Waals surface area contributed by atoms with Gasteiger partial charge < -0.3 is 10.1 Å². The summed E-state index contributed by atoms with van der Waals surface area (Å²) in [5, 5.41) is 3.26. The Morgan fingerprint density at radius 2 is 1.76 bits per heavy atom. The van der Waals surface area contributed by atoms with Crippen LogP contribution < -0.4 is 10.1 Å². The van der Waals surface area contributed by atoms with E-state index in [1.54, 1.807) is 0 Å². The lowest BCUT2D eigenvalue weighted by Crippen LogP contribution is -2.31. The molecular formula is C13H19F2NO. The molecular weight excluding hydrogens is 224 g/mol. The van der Waals surface area contributed by atoms with Crippen molar-refractivity contribution in [2.75, 3.05) is 13.2 Å². The van der Waals surface area contributed by atoms with Crippen molar-refractivity contribution in [3.8, 4) is 5.75 Å². The Kier molecular flexibility index (Phi) is 5.91. The van der Waals surface area contributed by atoms with Crippen molar-refractivity contribution in [3.05, 3.63) is 29.8 Å². The van der Waals surface area contributed by atoms with Gasteiger partial charge in [0.05, 0.1) is 0 Å². The monoisotopic (exact) mass is 243 g/mol. The third-order valence-corrected chi connectivity index (χ3v) is 2.69. The number of para-hydroxylation sites is 1. The predicted octanol–water partition coefficient (Wildman–Crippen LogP) is 3.12. The van der Waals surface area contributed by atoms with E-state index in [0.29, 0.717) is 12.6 Å². The Morgan fingerprint density at radius 3 is 2.29 bits per heavy atom. The second-order valence-electron chi connectivity index (χ2n) is 3.87. The summed E-state index contributed by atoms with van der Waals surface area (Å²) >= 11 is 0. The highest BCUT2D eigenvalue weighted by molar-refractivity contribution is 5.25. The van der Waals surface area contributed by atoms with Gasteiger partial charge in [0.1, 0.15) is 6.61 Å². The van der Waals surface area contributed by atoms with Crippen LogP contribution in [0.25, 0.3) is 0 Å². The lowest BCUT2D eigenvalue weighted by atomic mass is 10.2. The summed E-state index contributed by atoms with van der Waals surface area (Å²) in [6.07, 6.45) is 2.06. The number of halogens is 2. The minimum Gasteiger partial charge on any atom is -0.486 e. The molecule has 1 aromatic carbocycles. The van der Waals surface area contributed by atoms with Gasteiger partial charge in [0.2, 0.25) is 0 Å². The zero-order valence-electron chi connectivity index (χ0n) is 10.3. The molecule has 1 aromatic rings. The largest absolute Gasteiger partial charge is 0.486 e. The Morgan fingerprint density at radius 1 is 1.18 bits per heavy atom. The predicted molar refractivity (Wildman–Crippen MR) is 64.2 cm³/mol. The fraction of sp³-hybridized carbons (Fsp3) is 0.538. The van der Waals surface area contributed by atoms with Crippen LogP contribution in [0, 0.1) is 11.6 Å². The maximum Gasteiger partial charge on any atom is 0.190 e. The van der Waals surface area contributed by atoms with Gasteiger partial charge in [-0.2, -0.15) is 0 Å². The van der Waals surface area contributed by atoms with Gasteiger partial charge in [-0.15, -0.1) is 0 Å². The van der Waals surface area contributed by atoms with E-state index in [1.807, 2.05) is 0 Å². The van der Waals surface area contributed by atoms with Crippen molar-refractivity contribution in [2.45, 2.75) is 32.7 Å². The summed E-state index contributed by atoms with van der Waals surface area (Å²) in [7, 11) is 0. The minimum atomic E-state index is -0.660. The SMILES string of the molecule is CCC(CC)NCCOc1c(F)cccc1F. The number of nitrogens with one attached hydrogen (secondary N) is 1. The fourth-order valence-corrected chi connectivity index (χ4v) is 1.61. The molecule has 0 aliphatic carbocycles. The van der Waals surface area contributed by atoms with E-state index in [9.17, 15) is 8.78 Å². The molecule has 0 aliphatic rings. The van der Waals surface area contributed by atoms with Gasteiger partial charge in [0.15, 0.2) is 17.4 Å². The molecule has 0 atom stereocenters. The van der Waals surface area contributed by atoms with E-state index in [2.05, 4.69) is 19.2 Å². The maximum atomic E-state index is 13.2. The lowest BCUT2D eigenvalue weighted by Gasteiger charge is -2.15. The highest BCUT2D eigenvalue weighted by Gasteiger charge is 2.09. The summed E-state index contributed by atoms with van der Waals surface area (Å²) < 4.78 is 31.5. The van der Waals surface area contributed by atoms with Gasteiger partial charge in [0, 0.05) is 12.6 Å². The average molecular weight is 243 g/mol. The second-order valence-corrected chi connectivity index (χ2v) is 3.87. The molecule has 1 N–H and O–H groups in total. The number of hydrogen-bond donors (Lipinski definition) is 1. The van der Waals surface area contributed by atoms with Crippen LogP contribution in [0.5, 0.6) is 5.75 Å². The van der Waals surface area contributed by atoms with Gasteiger partial charge in [-0.05, 0) is 25.0 Å². The fourth-order valence-electron chi connectivity index (χ4n) is 1.61. The van der Waals surface area contributed by atoms with Crippen molar-refractivity contribution >= 4 is 0 Å². The molecule has 17 heavy (non-hydrogen) atoms. The summed E-state index contributed by atoms with van der Waals surface area (Å²) in [6, 6.07) is 4.13. The highest BCUT2D eigenvalue weighted by Crippen LogP contribution is 2.20. The first-order valence-corrected chi connectivity index (χ1v) is 5.99. The zero-order valence-corrected chi connectivity index (χ0v) is 10.3. The van der Waals surface area contributed by atoms with Crippen LogP contribution in [0.15, 0.2) is 18.2 Å². The van der Waals surface area contributed by atoms with Crippen molar-refractivity contribution in [1.82, 2.24) is 5.32 Å². The third-order valence-electron chi connectivity index (χ3n) is 2.69. The molecule has 0 saturated carbocycles. The first-order chi connectivity index (χ1) is 8.19. The van der Waals surface area contributed by atoms with Crippen molar-refractivity contribution < 1.29 is 13.5 Å². The molecule has 96 valence electrons. The topological polar surface area (TPSA) is 21.3 Å². The molecule has 0 radical (unpaired) electrons. The van der Waals surface area contributed by atoms with E-state index in [4.69, 9.17) is 4.74 Å². The van der Waals surface area contributed by atoms with E-state index in [-0.39, 0.29) is 12.4 Å². The van der Waals surface area contributed by atoms with Gasteiger partial charge in [-0.25, -0.2) is 8.78 Å². The maximum absolute atomic E-state index is 13.2. The Hall–Kier alpha value is -1.16. The van der Waals surface area contributed by atoms with E-state index in [0.717, 1.165) is 12.8 Å². The van der Waals surface area contributed by atoms with Crippen LogP contribution in [0.2, 0.25) is 0 Å². The summed E-state index contributed by atoms with van der Waals surface area (Å²) in [6.45, 7) is 5.03. The zero-order chi connectivity index (χ0) is 12.7. The molecule has 4 heteroatoms. The summed E-state index contributed by atoms with van der Waals surface area (Å²) in [4.78, 5) is 0. The molecule has 0 saturated heterocycles. The summed E-state index contributed by atoms with van der Waals surface area (Å²) in [5.41, 5.74) is 0. The Bertz CT molecular complexity index is 320. The molecule has 0 fully saturated rings. The first-order valence-electron chi connectivity index (χ1n) is 5.99. The molecule has 0 amide bonds. The van der Waals surface area contributed by atoms with Crippen LogP contribution in [-0.4, -0.2) is 19.2 Å². The van der Waals surface area contributed by atoms with Gasteiger partial charge in [-0.1, -0.05) is 19.9 Å². The van der Waals surface area contributed by atoms with Gasteiger partial charge in [0.25, 0.3) is 0 Å². The Labute approximate surface area is 101 Å². The standard InChI is InChI=1S/C13H19F2NO/c1-3-10(4-2)16-8-9-17-13-11(14)6-5-7-12(13)15/h5-7,10,16H,3-4,8-9H2,1-2H3. The van der Waals surface area contributed by atoms with Crippen LogP contribution in [0.1, 0.15) is 26.7 Å². The average Bonchev–Trinajstić information content (AvgIpc) is 2.32. The molecule has 0 spiro atoms. The van der Waals surface area contributed by atoms with Crippen LogP contribution in [0.4, 0.5) is 8.78 Å². The highest BCUT2D eigenvalue weighted by atomic mass is 19.1. The molecule has 0 bridgehead atoms. The molecule has 0 unspecified atom stereocenters. The van der Waals surface area contributed by atoms with Crippen LogP contribution in [-0.2, 0) is 0 Å². The number of rotatable bonds is 7. The quantitative estimate of drug-likeness (QED) is 0.743. The molecule has 0 aliphatic heterocycles. The number of benzene rings is 1. The van der Waals surface area contributed by atoms with Gasteiger partial charge in [-0.3, -0.25) is 0 Å². The molecule has 0 heterocycles. The number of ether oxygens (including phenoxy) is 1. The summed E-state index contributed by atoms with van der Waals surface area (Å²) in [5.74, 6) is -1.61. The second kappa shape index (κ2) is 7.22. The lowest BCUT2D eigenvalue weighted by molar-refractivity contribution is 0.275. The van der Waals surface area contributed by atoms with Crippen molar-refractivity contribution in [1.29, 1.82) is 0 Å². The normalized spacial score (nSPS) is 10.9. The molecule has 1 rings (SSSR count). The molecule has 2 nitrogen and oxygen atoms in total. The van der Waals surface area contributed by atoms with Crippen molar-refractivity contribution in [3.63, 3.8) is 0 Å². The minimum absolute atomic E-state index is 0.258. The third kappa shape index (κ3) is 4.30. The van der Waals surface area contributed by atoms with Crippen LogP contribution in [0.3, 0.4) is 0 Å². The van der Waals surface area contributed by atoms with E-state index < -0.39 is 11.6 Å². The van der Waals surface area contributed by atoms with Gasteiger partial charge >= 0.3 is 0 Å². The first kappa shape index (κ1) is 13.9. The van der Waals surface area contributed by atoms with Crippen molar-refractivity contribution in [2.24, 2.45) is 0 Å². The van der Waals surface area contributed by atoms with E-state index in [1.165, 1.54) is 18.2 Å².